The number of nitriles is 1. The van der Waals surface area contributed by atoms with Crippen molar-refractivity contribution in [2.75, 3.05) is 0 Å². The van der Waals surface area contributed by atoms with Crippen molar-refractivity contribution in [2.45, 2.75) is 55.2 Å². The van der Waals surface area contributed by atoms with Crippen LogP contribution in [-0.2, 0) is 21.2 Å². The summed E-state index contributed by atoms with van der Waals surface area (Å²) in [5.74, 6) is -0.495. The summed E-state index contributed by atoms with van der Waals surface area (Å²) in [6.07, 6.45) is 1.49. The molecule has 1 aromatic heterocycles. The minimum atomic E-state index is -4.38. The smallest absolute Gasteiger partial charge is 0.296 e. The summed E-state index contributed by atoms with van der Waals surface area (Å²) in [7, 11) is -4.38. The van der Waals surface area contributed by atoms with Gasteiger partial charge in [-0.3, -0.25) is 9.36 Å². The fourth-order valence-corrected chi connectivity index (χ4v) is 5.60. The van der Waals surface area contributed by atoms with Gasteiger partial charge < -0.3 is 9.84 Å². The van der Waals surface area contributed by atoms with Crippen molar-refractivity contribution in [1.29, 1.82) is 5.26 Å². The largest absolute Gasteiger partial charge is 0.493 e. The first kappa shape index (κ1) is 25.1. The van der Waals surface area contributed by atoms with E-state index in [2.05, 4.69) is 27.0 Å². The average molecular weight is 558 g/mol. The molecule has 0 saturated heterocycles. The molecule has 0 radical (unpaired) electrons. The monoisotopic (exact) mass is 557 g/mol. The summed E-state index contributed by atoms with van der Waals surface area (Å²) in [4.78, 5) is 16.2. The molecule has 1 aliphatic rings. The van der Waals surface area contributed by atoms with Crippen LogP contribution in [0.1, 0.15) is 49.7 Å². The van der Waals surface area contributed by atoms with Gasteiger partial charge in [0.05, 0.1) is 28.7 Å². The minimum Gasteiger partial charge on any atom is -0.493 e. The number of nitrogens with zero attached hydrogens (tertiary/aromatic N) is 3. The van der Waals surface area contributed by atoms with Crippen molar-refractivity contribution in [1.82, 2.24) is 9.55 Å². The molecule has 1 aliphatic carbocycles. The van der Waals surface area contributed by atoms with Crippen molar-refractivity contribution < 1.29 is 18.3 Å². The van der Waals surface area contributed by atoms with Crippen molar-refractivity contribution in [2.24, 2.45) is 5.92 Å². The number of aromatic nitrogens is 2. The Morgan fingerprint density at radius 2 is 1.91 bits per heavy atom. The van der Waals surface area contributed by atoms with E-state index < -0.39 is 32.2 Å². The molecule has 10 heteroatoms. The van der Waals surface area contributed by atoms with E-state index in [4.69, 9.17) is 4.74 Å². The van der Waals surface area contributed by atoms with Gasteiger partial charge >= 0.3 is 0 Å². The van der Waals surface area contributed by atoms with Crippen LogP contribution in [0.5, 0.6) is 5.88 Å². The Labute approximate surface area is 211 Å². The minimum absolute atomic E-state index is 0.0696. The molecule has 1 saturated carbocycles. The lowest BCUT2D eigenvalue weighted by Crippen LogP contribution is -2.29. The van der Waals surface area contributed by atoms with Crippen LogP contribution in [0, 0.1) is 17.2 Å². The lowest BCUT2D eigenvalue weighted by Gasteiger charge is -2.26. The Balaban J connectivity index is 1.97. The van der Waals surface area contributed by atoms with Crippen LogP contribution < -0.4 is 5.56 Å². The molecule has 3 aromatic rings. The molecule has 1 fully saturated rings. The second kappa shape index (κ2) is 9.93. The predicted octanol–water partition coefficient (Wildman–Crippen LogP) is 4.34. The van der Waals surface area contributed by atoms with Gasteiger partial charge in [0, 0.05) is 4.47 Å². The first-order valence-corrected chi connectivity index (χ1v) is 13.4. The van der Waals surface area contributed by atoms with E-state index in [9.17, 15) is 23.6 Å². The average Bonchev–Trinajstić information content (AvgIpc) is 3.65. The lowest BCUT2D eigenvalue weighted by molar-refractivity contribution is 0.0568. The zero-order valence-electron chi connectivity index (χ0n) is 19.2. The molecule has 0 bridgehead atoms. The van der Waals surface area contributed by atoms with Crippen molar-refractivity contribution in [3.8, 4) is 11.9 Å². The van der Waals surface area contributed by atoms with Crippen molar-refractivity contribution in [3.05, 3.63) is 80.3 Å². The fraction of sp³-hybridized carbons (Fsp3) is 0.320. The standard InChI is InChI=1S/C25H24BrN3O5S/c1-15(2)34-14-21-28-24(30)23(35(32,33)20-10-8-19(26)9-11-20)25(31)29(21)22(17-6-7-17)18-5-3-4-16(12-18)13-27/h3-5,8-12,15,17,22,31H,6-7,14H2,1-2H3. The van der Waals surface area contributed by atoms with Crippen LogP contribution in [0.4, 0.5) is 0 Å². The molecule has 182 valence electrons. The van der Waals surface area contributed by atoms with Crippen LogP contribution >= 0.6 is 15.9 Å². The van der Waals surface area contributed by atoms with Crippen LogP contribution in [0.25, 0.3) is 0 Å². The van der Waals surface area contributed by atoms with Gasteiger partial charge in [-0.1, -0.05) is 28.1 Å². The Hall–Kier alpha value is -3.00. The molecule has 4 rings (SSSR count). The van der Waals surface area contributed by atoms with Gasteiger partial charge in [-0.05, 0) is 74.6 Å². The van der Waals surface area contributed by atoms with E-state index >= 15 is 0 Å². The first-order valence-electron chi connectivity index (χ1n) is 11.1. The van der Waals surface area contributed by atoms with Gasteiger partial charge in [0.1, 0.15) is 12.4 Å². The van der Waals surface area contributed by atoms with E-state index in [1.165, 1.54) is 16.7 Å². The Morgan fingerprint density at radius 1 is 1.23 bits per heavy atom. The van der Waals surface area contributed by atoms with Crippen molar-refractivity contribution in [3.63, 3.8) is 0 Å². The van der Waals surface area contributed by atoms with Crippen molar-refractivity contribution >= 4 is 25.8 Å². The highest BCUT2D eigenvalue weighted by atomic mass is 79.9. The number of hydrogen-bond donors (Lipinski definition) is 1. The second-order valence-electron chi connectivity index (χ2n) is 8.69. The van der Waals surface area contributed by atoms with Gasteiger partial charge in [-0.25, -0.2) is 8.42 Å². The number of benzene rings is 2. The third-order valence-electron chi connectivity index (χ3n) is 5.78. The summed E-state index contributed by atoms with van der Waals surface area (Å²) in [6.45, 7) is 3.55. The van der Waals surface area contributed by atoms with Crippen LogP contribution in [0.2, 0.25) is 0 Å². The molecule has 0 amide bonds. The summed E-state index contributed by atoms with van der Waals surface area (Å²) >= 11 is 3.27. The number of aromatic hydroxyl groups is 1. The van der Waals surface area contributed by atoms with E-state index in [0.717, 1.165) is 12.8 Å². The normalized spacial score (nSPS) is 14.6. The van der Waals surface area contributed by atoms with Gasteiger partial charge in [-0.15, -0.1) is 0 Å². The maximum absolute atomic E-state index is 13.5. The van der Waals surface area contributed by atoms with Crippen LogP contribution in [0.3, 0.4) is 0 Å². The molecular weight excluding hydrogens is 534 g/mol. The quantitative estimate of drug-likeness (QED) is 0.437. The van der Waals surface area contributed by atoms with Crippen LogP contribution in [0.15, 0.2) is 67.6 Å². The molecule has 8 nitrogen and oxygen atoms in total. The molecule has 1 heterocycles. The van der Waals surface area contributed by atoms with Gasteiger partial charge in [0.2, 0.25) is 15.7 Å². The number of sulfone groups is 1. The molecular formula is C25H24BrN3O5S. The highest BCUT2D eigenvalue weighted by molar-refractivity contribution is 9.10. The maximum atomic E-state index is 13.5. The molecule has 0 aliphatic heterocycles. The topological polar surface area (TPSA) is 122 Å². The molecule has 2 aromatic carbocycles. The van der Waals surface area contributed by atoms with E-state index in [-0.39, 0.29) is 29.3 Å². The Bertz CT molecular complexity index is 1460. The number of halogens is 1. The van der Waals surface area contributed by atoms with E-state index in [0.29, 0.717) is 15.6 Å². The fourth-order valence-electron chi connectivity index (χ4n) is 3.99. The lowest BCUT2D eigenvalue weighted by atomic mass is 9.99. The van der Waals surface area contributed by atoms with Gasteiger partial charge in [0.25, 0.3) is 5.56 Å². The third-order valence-corrected chi connectivity index (χ3v) is 8.09. The maximum Gasteiger partial charge on any atom is 0.296 e. The molecule has 1 N–H and O–H groups in total. The molecule has 0 spiro atoms. The summed E-state index contributed by atoms with van der Waals surface area (Å²) in [6, 6.07) is 14.3. The summed E-state index contributed by atoms with van der Waals surface area (Å²) < 4.78 is 34.7. The zero-order chi connectivity index (χ0) is 25.3. The predicted molar refractivity (Wildman–Crippen MR) is 132 cm³/mol. The first-order chi connectivity index (χ1) is 16.6. The Kier molecular flexibility index (Phi) is 7.12. The SMILES string of the molecule is CC(C)OCc1nc(=O)c(S(=O)(=O)c2ccc(Br)cc2)c(O)n1C(c1cccc(C#N)c1)C1CC1. The van der Waals surface area contributed by atoms with Gasteiger partial charge in [0.15, 0.2) is 4.90 Å². The molecule has 35 heavy (non-hydrogen) atoms. The van der Waals surface area contributed by atoms with Gasteiger partial charge in [-0.2, -0.15) is 10.2 Å². The second-order valence-corrected chi connectivity index (χ2v) is 11.5. The number of ether oxygens (including phenoxy) is 1. The Morgan fingerprint density at radius 3 is 2.51 bits per heavy atom. The number of rotatable bonds is 8. The van der Waals surface area contributed by atoms with Crippen LogP contribution in [-0.4, -0.2) is 29.2 Å². The summed E-state index contributed by atoms with van der Waals surface area (Å²) in [5.41, 5.74) is 0.0961. The third kappa shape index (κ3) is 5.17. The van der Waals surface area contributed by atoms with E-state index in [1.54, 1.807) is 30.3 Å². The summed E-state index contributed by atoms with van der Waals surface area (Å²) in [5, 5.41) is 20.8. The highest BCUT2D eigenvalue weighted by Gasteiger charge is 2.39. The molecule has 1 unspecified atom stereocenters. The molecule has 1 atom stereocenters. The van der Waals surface area contributed by atoms with E-state index in [1.807, 2.05) is 19.9 Å². The number of hydrogen-bond acceptors (Lipinski definition) is 7. The highest BCUT2D eigenvalue weighted by Crippen LogP contribution is 2.46. The zero-order valence-corrected chi connectivity index (χ0v) is 21.6.